The SMILES string of the molecule is C#CC(C)N(C)c1nc2ccc(OC(F)(F)F)cc2s1. The van der Waals surface area contributed by atoms with Gasteiger partial charge in [-0.3, -0.25) is 0 Å². The summed E-state index contributed by atoms with van der Waals surface area (Å²) in [6, 6.07) is 3.90. The van der Waals surface area contributed by atoms with Gasteiger partial charge >= 0.3 is 6.36 Å². The summed E-state index contributed by atoms with van der Waals surface area (Å²) in [5.41, 5.74) is 0.607. The Labute approximate surface area is 118 Å². The summed E-state index contributed by atoms with van der Waals surface area (Å²) < 4.78 is 41.0. The average Bonchev–Trinajstić information content (AvgIpc) is 2.77. The first-order valence-corrected chi connectivity index (χ1v) is 6.47. The van der Waals surface area contributed by atoms with Crippen molar-refractivity contribution in [1.29, 1.82) is 0 Å². The van der Waals surface area contributed by atoms with Crippen LogP contribution in [-0.4, -0.2) is 24.4 Å². The van der Waals surface area contributed by atoms with Crippen molar-refractivity contribution in [3.63, 3.8) is 0 Å². The van der Waals surface area contributed by atoms with Gasteiger partial charge in [-0.2, -0.15) is 0 Å². The van der Waals surface area contributed by atoms with E-state index >= 15 is 0 Å². The number of ether oxygens (including phenoxy) is 1. The predicted octanol–water partition coefficient (Wildman–Crippen LogP) is 3.65. The third-order valence-corrected chi connectivity index (χ3v) is 3.81. The molecule has 0 saturated heterocycles. The molecule has 7 heteroatoms. The molecule has 0 saturated carbocycles. The Bertz CT molecular complexity index is 660. The monoisotopic (exact) mass is 300 g/mol. The summed E-state index contributed by atoms with van der Waals surface area (Å²) in [6.07, 6.45) is 0.640. The first kappa shape index (κ1) is 14.5. The molecule has 20 heavy (non-hydrogen) atoms. The molecule has 1 heterocycles. The normalized spacial score (nSPS) is 13.0. The van der Waals surface area contributed by atoms with Gasteiger partial charge in [-0.05, 0) is 19.1 Å². The van der Waals surface area contributed by atoms with Crippen LogP contribution in [0, 0.1) is 12.3 Å². The number of rotatable bonds is 3. The minimum absolute atomic E-state index is 0.151. The van der Waals surface area contributed by atoms with E-state index in [2.05, 4.69) is 15.6 Å². The van der Waals surface area contributed by atoms with Crippen molar-refractivity contribution in [2.24, 2.45) is 0 Å². The Morgan fingerprint density at radius 2 is 2.15 bits per heavy atom. The Hall–Kier alpha value is -1.94. The highest BCUT2D eigenvalue weighted by atomic mass is 32.1. The molecule has 1 unspecified atom stereocenters. The molecule has 0 fully saturated rings. The summed E-state index contributed by atoms with van der Waals surface area (Å²) in [6.45, 7) is 1.84. The lowest BCUT2D eigenvalue weighted by Crippen LogP contribution is -2.26. The summed E-state index contributed by atoms with van der Waals surface area (Å²) in [5.74, 6) is 2.31. The highest BCUT2D eigenvalue weighted by Gasteiger charge is 2.31. The number of aromatic nitrogens is 1. The number of alkyl halides is 3. The number of hydrogen-bond acceptors (Lipinski definition) is 4. The van der Waals surface area contributed by atoms with E-state index < -0.39 is 6.36 Å². The maximum atomic E-state index is 12.2. The maximum Gasteiger partial charge on any atom is 0.573 e. The second kappa shape index (κ2) is 5.21. The van der Waals surface area contributed by atoms with Crippen molar-refractivity contribution in [2.75, 3.05) is 11.9 Å². The number of fused-ring (bicyclic) bond motifs is 1. The highest BCUT2D eigenvalue weighted by molar-refractivity contribution is 7.22. The van der Waals surface area contributed by atoms with Gasteiger partial charge in [0, 0.05) is 13.1 Å². The van der Waals surface area contributed by atoms with E-state index in [-0.39, 0.29) is 11.8 Å². The zero-order valence-electron chi connectivity index (χ0n) is 10.7. The van der Waals surface area contributed by atoms with Gasteiger partial charge in [0.05, 0.1) is 16.3 Å². The van der Waals surface area contributed by atoms with Crippen molar-refractivity contribution >= 4 is 26.7 Å². The largest absolute Gasteiger partial charge is 0.573 e. The summed E-state index contributed by atoms with van der Waals surface area (Å²) in [4.78, 5) is 6.12. The van der Waals surface area contributed by atoms with Crippen LogP contribution in [0.3, 0.4) is 0 Å². The van der Waals surface area contributed by atoms with Crippen LogP contribution in [0.2, 0.25) is 0 Å². The first-order chi connectivity index (χ1) is 9.30. The van der Waals surface area contributed by atoms with Gasteiger partial charge in [-0.25, -0.2) is 4.98 Å². The smallest absolute Gasteiger partial charge is 0.406 e. The minimum Gasteiger partial charge on any atom is -0.406 e. The van der Waals surface area contributed by atoms with Crippen molar-refractivity contribution in [1.82, 2.24) is 4.98 Å². The zero-order valence-corrected chi connectivity index (χ0v) is 11.5. The van der Waals surface area contributed by atoms with Gasteiger partial charge < -0.3 is 9.64 Å². The number of halogens is 3. The number of thiazole rings is 1. The van der Waals surface area contributed by atoms with E-state index in [1.807, 2.05) is 6.92 Å². The number of nitrogens with zero attached hydrogens (tertiary/aromatic N) is 2. The lowest BCUT2D eigenvalue weighted by Gasteiger charge is -2.18. The molecule has 0 N–H and O–H groups in total. The van der Waals surface area contributed by atoms with Crippen molar-refractivity contribution in [2.45, 2.75) is 19.3 Å². The maximum absolute atomic E-state index is 12.2. The fourth-order valence-electron chi connectivity index (χ4n) is 1.52. The Morgan fingerprint density at radius 1 is 1.45 bits per heavy atom. The van der Waals surface area contributed by atoms with Crippen molar-refractivity contribution in [3.05, 3.63) is 18.2 Å². The van der Waals surface area contributed by atoms with Gasteiger partial charge in [0.2, 0.25) is 0 Å². The van der Waals surface area contributed by atoms with Gasteiger partial charge in [-0.1, -0.05) is 17.3 Å². The second-order valence-electron chi connectivity index (χ2n) is 4.13. The number of anilines is 1. The van der Waals surface area contributed by atoms with E-state index in [0.29, 0.717) is 15.3 Å². The van der Waals surface area contributed by atoms with Crippen LogP contribution in [0.25, 0.3) is 10.2 Å². The van der Waals surface area contributed by atoms with E-state index in [1.54, 1.807) is 11.9 Å². The summed E-state index contributed by atoms with van der Waals surface area (Å²) >= 11 is 1.26. The fraction of sp³-hybridized carbons (Fsp3) is 0.308. The molecule has 0 aliphatic heterocycles. The van der Waals surface area contributed by atoms with E-state index in [1.165, 1.54) is 29.5 Å². The molecule has 0 aliphatic rings. The lowest BCUT2D eigenvalue weighted by molar-refractivity contribution is -0.274. The van der Waals surface area contributed by atoms with E-state index in [4.69, 9.17) is 6.42 Å². The Balaban J connectivity index is 2.33. The van der Waals surface area contributed by atoms with Crippen LogP contribution in [0.15, 0.2) is 18.2 Å². The van der Waals surface area contributed by atoms with Crippen molar-refractivity contribution < 1.29 is 17.9 Å². The van der Waals surface area contributed by atoms with Crippen LogP contribution < -0.4 is 9.64 Å². The first-order valence-electron chi connectivity index (χ1n) is 5.65. The molecule has 2 aromatic rings. The molecule has 106 valence electrons. The minimum atomic E-state index is -4.70. The van der Waals surface area contributed by atoms with Crippen LogP contribution in [0.4, 0.5) is 18.3 Å². The Kier molecular flexibility index (Phi) is 3.77. The van der Waals surface area contributed by atoms with Crippen LogP contribution in [0.1, 0.15) is 6.92 Å². The van der Waals surface area contributed by atoms with Crippen molar-refractivity contribution in [3.8, 4) is 18.1 Å². The van der Waals surface area contributed by atoms with E-state index in [0.717, 1.165) is 0 Å². The van der Waals surface area contributed by atoms with Gasteiger partial charge in [0.1, 0.15) is 5.75 Å². The van der Waals surface area contributed by atoms with Gasteiger partial charge in [0.15, 0.2) is 5.13 Å². The lowest BCUT2D eigenvalue weighted by atomic mass is 10.3. The summed E-state index contributed by atoms with van der Waals surface area (Å²) in [5, 5.41) is 0.648. The molecular formula is C13H11F3N2OS. The molecule has 0 bridgehead atoms. The number of terminal acetylenes is 1. The van der Waals surface area contributed by atoms with Crippen LogP contribution >= 0.6 is 11.3 Å². The third-order valence-electron chi connectivity index (χ3n) is 2.71. The molecule has 3 nitrogen and oxygen atoms in total. The Morgan fingerprint density at radius 3 is 2.75 bits per heavy atom. The van der Waals surface area contributed by atoms with E-state index in [9.17, 15) is 13.2 Å². The van der Waals surface area contributed by atoms with Gasteiger partial charge in [0.25, 0.3) is 0 Å². The summed E-state index contributed by atoms with van der Waals surface area (Å²) in [7, 11) is 1.79. The topological polar surface area (TPSA) is 25.4 Å². The molecule has 0 amide bonds. The zero-order chi connectivity index (χ0) is 14.9. The molecule has 1 aromatic carbocycles. The van der Waals surface area contributed by atoms with Crippen LogP contribution in [0.5, 0.6) is 5.75 Å². The average molecular weight is 300 g/mol. The molecule has 0 radical (unpaired) electrons. The van der Waals surface area contributed by atoms with Crippen LogP contribution in [-0.2, 0) is 0 Å². The second-order valence-corrected chi connectivity index (χ2v) is 5.14. The quantitative estimate of drug-likeness (QED) is 0.809. The molecule has 0 aliphatic carbocycles. The third kappa shape index (κ3) is 3.14. The molecular weight excluding hydrogens is 289 g/mol. The number of hydrogen-bond donors (Lipinski definition) is 0. The molecule has 2 rings (SSSR count). The van der Waals surface area contributed by atoms with Gasteiger partial charge in [-0.15, -0.1) is 19.6 Å². The highest BCUT2D eigenvalue weighted by Crippen LogP contribution is 2.33. The molecule has 0 spiro atoms. The standard InChI is InChI=1S/C13H11F3N2OS/c1-4-8(2)18(3)12-17-10-6-5-9(7-11(10)20-12)19-13(14,15)16/h1,5-8H,2-3H3. The molecule has 1 aromatic heterocycles. The molecule has 1 atom stereocenters. The fourth-order valence-corrected chi connectivity index (χ4v) is 2.55. The number of benzene rings is 1. The predicted molar refractivity (Wildman–Crippen MR) is 73.0 cm³/mol.